The number of fused-ring (bicyclic) bond motifs is 1. The van der Waals surface area contributed by atoms with Crippen LogP contribution in [-0.2, 0) is 6.18 Å². The molecule has 0 radical (unpaired) electrons. The molecule has 0 bridgehead atoms. The molecule has 2 heterocycles. The smallest absolute Gasteiger partial charge is 0.280 e. The minimum Gasteiger partial charge on any atom is -0.280 e. The molecule has 2 aromatic heterocycles. The van der Waals surface area contributed by atoms with E-state index in [2.05, 4.69) is 10.2 Å². The van der Waals surface area contributed by atoms with Gasteiger partial charge in [0.2, 0.25) is 5.65 Å². The van der Waals surface area contributed by atoms with Crippen molar-refractivity contribution in [2.24, 2.45) is 0 Å². The van der Waals surface area contributed by atoms with Crippen LogP contribution in [-0.4, -0.2) is 19.5 Å². The van der Waals surface area contributed by atoms with Gasteiger partial charge in [-0.15, -0.1) is 10.2 Å². The molecule has 0 N–H and O–H groups in total. The highest BCUT2D eigenvalue weighted by Crippen LogP contribution is 2.32. The second-order valence-electron chi connectivity index (χ2n) is 3.31. The maximum absolute atomic E-state index is 12.5. The van der Waals surface area contributed by atoms with Gasteiger partial charge < -0.3 is 0 Å². The second kappa shape index (κ2) is 3.40. The van der Waals surface area contributed by atoms with Crippen molar-refractivity contribution in [3.05, 3.63) is 33.8 Å². The maximum Gasteiger partial charge on any atom is 0.418 e. The molecule has 0 aliphatic rings. The summed E-state index contributed by atoms with van der Waals surface area (Å²) in [4.78, 5) is 9.74. The molecule has 0 aliphatic heterocycles. The van der Waals surface area contributed by atoms with Gasteiger partial charge in [0.15, 0.2) is 0 Å². The van der Waals surface area contributed by atoms with Crippen LogP contribution < -0.4 is 0 Å². The van der Waals surface area contributed by atoms with Gasteiger partial charge in [0.1, 0.15) is 5.82 Å². The molecular weight excluding hydrogens is 241 g/mol. The Morgan fingerprint density at radius 2 is 2.06 bits per heavy atom. The minimum absolute atomic E-state index is 0.147. The zero-order valence-electron chi connectivity index (χ0n) is 8.39. The quantitative estimate of drug-likeness (QED) is 0.569. The zero-order chi connectivity index (χ0) is 12.8. The second-order valence-corrected chi connectivity index (χ2v) is 3.31. The summed E-state index contributed by atoms with van der Waals surface area (Å²) < 4.78 is 38.5. The van der Waals surface area contributed by atoms with Crippen molar-refractivity contribution in [3.8, 4) is 0 Å². The average Bonchev–Trinajstić information content (AvgIpc) is 2.58. The van der Waals surface area contributed by atoms with E-state index in [4.69, 9.17) is 0 Å². The summed E-state index contributed by atoms with van der Waals surface area (Å²) in [5, 5.41) is 17.6. The van der Waals surface area contributed by atoms with E-state index in [-0.39, 0.29) is 11.5 Å². The Hall–Kier alpha value is -2.19. The number of halogens is 3. The monoisotopic (exact) mass is 246 g/mol. The largest absolute Gasteiger partial charge is 0.418 e. The van der Waals surface area contributed by atoms with Gasteiger partial charge in [-0.2, -0.15) is 13.2 Å². The van der Waals surface area contributed by atoms with E-state index in [1.54, 1.807) is 0 Å². The van der Waals surface area contributed by atoms with E-state index in [0.717, 1.165) is 10.6 Å². The van der Waals surface area contributed by atoms with E-state index in [1.165, 1.54) is 6.92 Å². The Labute approximate surface area is 91.8 Å². The first-order chi connectivity index (χ1) is 7.80. The number of aromatic nitrogens is 3. The fourth-order valence-electron chi connectivity index (χ4n) is 1.38. The van der Waals surface area contributed by atoms with Crippen molar-refractivity contribution >= 4 is 11.3 Å². The lowest BCUT2D eigenvalue weighted by Crippen LogP contribution is -2.08. The van der Waals surface area contributed by atoms with Gasteiger partial charge in [0, 0.05) is 12.3 Å². The number of hydrogen-bond acceptors (Lipinski definition) is 4. The first-order valence-corrected chi connectivity index (χ1v) is 4.37. The van der Waals surface area contributed by atoms with Gasteiger partial charge >= 0.3 is 11.9 Å². The number of aryl methyl sites for hydroxylation is 1. The van der Waals surface area contributed by atoms with Crippen LogP contribution in [0.1, 0.15) is 11.4 Å². The van der Waals surface area contributed by atoms with Crippen LogP contribution >= 0.6 is 0 Å². The van der Waals surface area contributed by atoms with Gasteiger partial charge in [0.25, 0.3) is 0 Å². The molecule has 2 aromatic rings. The van der Waals surface area contributed by atoms with Crippen molar-refractivity contribution in [2.75, 3.05) is 0 Å². The van der Waals surface area contributed by atoms with E-state index in [0.29, 0.717) is 6.07 Å². The van der Waals surface area contributed by atoms with Gasteiger partial charge in [-0.05, 0) is 6.92 Å². The molecule has 0 saturated heterocycles. The molecule has 90 valence electrons. The molecule has 2 rings (SSSR count). The lowest BCUT2D eigenvalue weighted by molar-refractivity contribution is -0.383. The van der Waals surface area contributed by atoms with Crippen molar-refractivity contribution in [1.29, 1.82) is 0 Å². The molecule has 17 heavy (non-hydrogen) atoms. The van der Waals surface area contributed by atoms with Crippen molar-refractivity contribution in [3.63, 3.8) is 0 Å². The summed E-state index contributed by atoms with van der Waals surface area (Å²) >= 11 is 0. The predicted molar refractivity (Wildman–Crippen MR) is 49.4 cm³/mol. The lowest BCUT2D eigenvalue weighted by Gasteiger charge is -2.07. The van der Waals surface area contributed by atoms with Gasteiger partial charge in [-0.3, -0.25) is 14.5 Å². The van der Waals surface area contributed by atoms with Crippen LogP contribution in [0, 0.1) is 17.0 Å². The summed E-state index contributed by atoms with van der Waals surface area (Å²) in [5.41, 5.74) is -2.04. The Bertz CT molecular complexity index is 605. The molecule has 0 amide bonds. The van der Waals surface area contributed by atoms with Crippen molar-refractivity contribution in [2.45, 2.75) is 13.1 Å². The van der Waals surface area contributed by atoms with Gasteiger partial charge in [0.05, 0.1) is 10.5 Å². The Morgan fingerprint density at radius 3 is 2.59 bits per heavy atom. The molecule has 0 spiro atoms. The summed E-state index contributed by atoms with van der Waals surface area (Å²) in [7, 11) is 0. The molecule has 0 atom stereocenters. The SMILES string of the molecule is Cc1nnc2c([N+](=O)[O-])cc(C(F)(F)F)cn12. The fourth-order valence-corrected chi connectivity index (χ4v) is 1.38. The number of hydrogen-bond donors (Lipinski definition) is 0. The first-order valence-electron chi connectivity index (χ1n) is 4.37. The normalized spacial score (nSPS) is 12.0. The summed E-state index contributed by atoms with van der Waals surface area (Å²) in [5.74, 6) is 0.147. The summed E-state index contributed by atoms with van der Waals surface area (Å²) in [6.07, 6.45) is -3.92. The topological polar surface area (TPSA) is 73.3 Å². The fraction of sp³-hybridized carbons (Fsp3) is 0.250. The highest BCUT2D eigenvalue weighted by molar-refractivity contribution is 5.60. The zero-order valence-corrected chi connectivity index (χ0v) is 8.39. The Morgan fingerprint density at radius 1 is 1.41 bits per heavy atom. The number of nitro groups is 1. The van der Waals surface area contributed by atoms with Crippen molar-refractivity contribution in [1.82, 2.24) is 14.6 Å². The maximum atomic E-state index is 12.5. The number of alkyl halides is 3. The van der Waals surface area contributed by atoms with Crippen LogP contribution in [0.2, 0.25) is 0 Å². The van der Waals surface area contributed by atoms with E-state index < -0.39 is 22.4 Å². The first kappa shape index (κ1) is 11.3. The van der Waals surface area contributed by atoms with Gasteiger partial charge in [-0.25, -0.2) is 0 Å². The molecule has 6 nitrogen and oxygen atoms in total. The third-order valence-corrected chi connectivity index (χ3v) is 2.18. The van der Waals surface area contributed by atoms with E-state index >= 15 is 0 Å². The molecule has 0 aromatic carbocycles. The predicted octanol–water partition coefficient (Wildman–Crippen LogP) is 1.96. The van der Waals surface area contributed by atoms with E-state index in [9.17, 15) is 23.3 Å². The molecule has 9 heteroatoms. The molecule has 0 saturated carbocycles. The Balaban J connectivity index is 2.83. The minimum atomic E-state index is -4.66. The van der Waals surface area contributed by atoms with Gasteiger partial charge in [-0.1, -0.05) is 0 Å². The van der Waals surface area contributed by atoms with Crippen LogP contribution in [0.3, 0.4) is 0 Å². The van der Waals surface area contributed by atoms with Crippen LogP contribution in [0.15, 0.2) is 12.3 Å². The Kier molecular flexibility index (Phi) is 2.26. The van der Waals surface area contributed by atoms with Crippen LogP contribution in [0.25, 0.3) is 5.65 Å². The molecule has 0 unspecified atom stereocenters. The number of nitrogens with zero attached hydrogens (tertiary/aromatic N) is 4. The van der Waals surface area contributed by atoms with E-state index in [1.807, 2.05) is 0 Å². The standard InChI is InChI=1S/C8H5F3N4O2/c1-4-12-13-7-6(15(16)17)2-5(3-14(4)7)8(9,10)11/h2-3H,1H3. The highest BCUT2D eigenvalue weighted by atomic mass is 19.4. The highest BCUT2D eigenvalue weighted by Gasteiger charge is 2.34. The average molecular weight is 246 g/mol. The van der Waals surface area contributed by atoms with Crippen LogP contribution in [0.4, 0.5) is 18.9 Å². The number of rotatable bonds is 1. The molecule has 0 aliphatic carbocycles. The summed E-state index contributed by atoms with van der Waals surface area (Å²) in [6.45, 7) is 1.41. The molecule has 0 fully saturated rings. The third-order valence-electron chi connectivity index (χ3n) is 2.18. The molecular formula is C8H5F3N4O2. The number of pyridine rings is 1. The summed E-state index contributed by atoms with van der Waals surface area (Å²) in [6, 6.07) is 0.448. The lowest BCUT2D eigenvalue weighted by atomic mass is 10.2. The van der Waals surface area contributed by atoms with Crippen LogP contribution in [0.5, 0.6) is 0 Å². The third kappa shape index (κ3) is 1.79. The van der Waals surface area contributed by atoms with Crippen molar-refractivity contribution < 1.29 is 18.1 Å².